The molecule has 0 heterocycles. The van der Waals surface area contributed by atoms with E-state index in [1.807, 2.05) is 6.07 Å². The van der Waals surface area contributed by atoms with E-state index in [0.29, 0.717) is 22.1 Å². The van der Waals surface area contributed by atoms with E-state index >= 15 is 0 Å². The van der Waals surface area contributed by atoms with E-state index in [4.69, 9.17) is 9.29 Å². The van der Waals surface area contributed by atoms with Crippen LogP contribution in [-0.4, -0.2) is 82.3 Å². The summed E-state index contributed by atoms with van der Waals surface area (Å²) < 4.78 is 176. The highest BCUT2D eigenvalue weighted by atomic mass is 32.2. The molecule has 0 amide bonds. The summed E-state index contributed by atoms with van der Waals surface area (Å²) in [6.45, 7) is -0.105. The van der Waals surface area contributed by atoms with Gasteiger partial charge < -0.3 is 15.2 Å². The molecule has 0 bridgehead atoms. The molecule has 0 aliphatic rings. The number of aromatic hydroxyl groups is 1. The number of benzene rings is 9. The van der Waals surface area contributed by atoms with Crippen LogP contribution in [0.1, 0.15) is 12.8 Å². The van der Waals surface area contributed by atoms with Crippen LogP contribution in [0.15, 0.2) is 196 Å². The van der Waals surface area contributed by atoms with Crippen LogP contribution in [0.3, 0.4) is 0 Å². The third-order valence-electron chi connectivity index (χ3n) is 11.9. The van der Waals surface area contributed by atoms with E-state index < -0.39 is 87.4 Å². The maximum atomic E-state index is 12.8. The first-order valence-corrected chi connectivity index (χ1v) is 30.1. The van der Waals surface area contributed by atoms with Gasteiger partial charge in [-0.15, -0.1) is 25.6 Å². The highest BCUT2D eigenvalue weighted by Crippen LogP contribution is 2.45. The molecule has 0 atom stereocenters. The van der Waals surface area contributed by atoms with Gasteiger partial charge in [0.05, 0.1) is 55.5 Å². The topological polar surface area (TPSA) is 388 Å². The number of hydrogen-bond acceptors (Lipinski definition) is 19. The molecular formula is C50H39N7O17S5. The summed E-state index contributed by atoms with van der Waals surface area (Å²) in [5.74, 6) is -1.22. The molecule has 9 rings (SSSR count). The summed E-state index contributed by atoms with van der Waals surface area (Å²) in [5, 5.41) is 41.5. The number of hydrogen-bond donors (Lipinski definition) is 7. The molecule has 0 radical (unpaired) electrons. The lowest BCUT2D eigenvalue weighted by molar-refractivity contribution is 0.311. The Morgan fingerprint density at radius 3 is 1.52 bits per heavy atom. The van der Waals surface area contributed by atoms with E-state index in [2.05, 4.69) is 36.0 Å². The molecular weight excluding hydrogens is 1130 g/mol. The highest BCUT2D eigenvalue weighted by molar-refractivity contribution is 7.86. The van der Waals surface area contributed by atoms with Gasteiger partial charge in [-0.25, -0.2) is 0 Å². The van der Waals surface area contributed by atoms with Crippen LogP contribution in [0.2, 0.25) is 0 Å². The van der Waals surface area contributed by atoms with Crippen LogP contribution >= 0.6 is 0 Å². The average molecular weight is 1170 g/mol. The van der Waals surface area contributed by atoms with Gasteiger partial charge in [0.2, 0.25) is 0 Å². The van der Waals surface area contributed by atoms with Crippen molar-refractivity contribution in [3.63, 3.8) is 0 Å². The molecule has 0 aliphatic heterocycles. The zero-order chi connectivity index (χ0) is 56.7. The Kier molecular flexibility index (Phi) is 15.1. The standard InChI is InChI=1S/C50H39N7O17S5/c58-50-37-13-10-32(51-31-6-2-1-3-7-31)22-30(37)24-48(79(71,72)73)49(50)57-56-46-19-17-44(39-15-12-35(27-42(39)46)77(65,66)67)54-55-45-18-16-43(38-14-11-34(26-41(38)45)76(62,63)64)53-52-33-9-8-29-23-36(78(68,69)70)28-47(40(29)25-33)74-20-4-5-21-75(59,60)61/h1-3,6-19,22-28,51,58H,4-5,20-21H2,(H,59,60,61)(H,62,63,64)(H,65,66,67)(H,68,69,70)(H,71,72,73). The van der Waals surface area contributed by atoms with Gasteiger partial charge in [-0.2, -0.15) is 47.2 Å². The van der Waals surface area contributed by atoms with Gasteiger partial charge in [-0.3, -0.25) is 22.8 Å². The first kappa shape index (κ1) is 55.5. The Hall–Kier alpha value is -8.23. The molecule has 9 aromatic carbocycles. The zero-order valence-corrected chi connectivity index (χ0v) is 44.2. The number of nitrogens with zero attached hydrogens (tertiary/aromatic N) is 6. The largest absolute Gasteiger partial charge is 0.505 e. The lowest BCUT2D eigenvalue weighted by Gasteiger charge is -2.12. The van der Waals surface area contributed by atoms with Crippen LogP contribution in [0.25, 0.3) is 43.1 Å². The summed E-state index contributed by atoms with van der Waals surface area (Å²) in [5.41, 5.74) is 0.801. The van der Waals surface area contributed by atoms with Gasteiger partial charge in [-0.1, -0.05) is 36.4 Å². The van der Waals surface area contributed by atoms with Crippen LogP contribution < -0.4 is 10.1 Å². The number of phenols is 1. The summed E-state index contributed by atoms with van der Waals surface area (Å²) in [6.07, 6.45) is 0.170. The molecule has 7 N–H and O–H groups in total. The SMILES string of the molecule is O=S(=O)(O)CCCCOc1cc(S(=O)(=O)O)cc2ccc(N=Nc3ccc(N=Nc4ccc(N=Nc5c(S(=O)(=O)O)cc6cc(Nc7ccccc7)ccc6c5O)c5cc(S(=O)(=O)O)ccc45)c4cc(S(=O)(=O)O)ccc34)cc12. The van der Waals surface area contributed by atoms with Gasteiger partial charge in [0.15, 0.2) is 5.75 Å². The minimum Gasteiger partial charge on any atom is -0.505 e. The molecule has 0 spiro atoms. The molecule has 0 saturated heterocycles. The minimum atomic E-state index is -5.08. The lowest BCUT2D eigenvalue weighted by Crippen LogP contribution is -2.06. The molecule has 0 fully saturated rings. The van der Waals surface area contributed by atoms with E-state index in [-0.39, 0.29) is 86.0 Å². The number of anilines is 2. The molecule has 0 unspecified atom stereocenters. The van der Waals surface area contributed by atoms with Crippen molar-refractivity contribution in [2.24, 2.45) is 30.7 Å². The first-order chi connectivity index (χ1) is 37.2. The van der Waals surface area contributed by atoms with E-state index in [1.165, 1.54) is 72.8 Å². The van der Waals surface area contributed by atoms with Gasteiger partial charge in [0.25, 0.3) is 50.6 Å². The van der Waals surface area contributed by atoms with Crippen molar-refractivity contribution in [3.05, 3.63) is 146 Å². The Bertz CT molecular complexity index is 4660. The van der Waals surface area contributed by atoms with E-state index in [1.54, 1.807) is 30.3 Å². The molecule has 79 heavy (non-hydrogen) atoms. The van der Waals surface area contributed by atoms with Crippen molar-refractivity contribution in [1.82, 2.24) is 0 Å². The Morgan fingerprint density at radius 2 is 0.962 bits per heavy atom. The zero-order valence-electron chi connectivity index (χ0n) is 40.1. The fraction of sp³-hybridized carbons (Fsp3) is 0.0800. The van der Waals surface area contributed by atoms with Gasteiger partial charge in [0, 0.05) is 49.8 Å². The van der Waals surface area contributed by atoms with Crippen LogP contribution in [-0.2, 0) is 50.6 Å². The fourth-order valence-corrected chi connectivity index (χ4v) is 11.0. The van der Waals surface area contributed by atoms with Crippen molar-refractivity contribution in [3.8, 4) is 11.5 Å². The smallest absolute Gasteiger partial charge is 0.296 e. The summed E-state index contributed by atoms with van der Waals surface area (Å²) in [6, 6.07) is 33.8. The summed E-state index contributed by atoms with van der Waals surface area (Å²) in [4.78, 5) is -2.43. The molecule has 24 nitrogen and oxygen atoms in total. The summed E-state index contributed by atoms with van der Waals surface area (Å²) in [7, 11) is -23.7. The second-order valence-electron chi connectivity index (χ2n) is 17.3. The maximum Gasteiger partial charge on any atom is 0.296 e. The lowest BCUT2D eigenvalue weighted by atomic mass is 10.1. The summed E-state index contributed by atoms with van der Waals surface area (Å²) >= 11 is 0. The third kappa shape index (κ3) is 12.9. The van der Waals surface area contributed by atoms with Crippen LogP contribution in [0, 0.1) is 0 Å². The quantitative estimate of drug-likeness (QED) is 0.0238. The van der Waals surface area contributed by atoms with Gasteiger partial charge in [0.1, 0.15) is 16.3 Å². The van der Waals surface area contributed by atoms with Crippen molar-refractivity contribution >= 4 is 139 Å². The second-order valence-corrected chi connectivity index (χ2v) is 24.5. The number of unbranched alkanes of at least 4 members (excludes halogenated alkanes) is 1. The Labute approximate surface area is 449 Å². The number of nitrogens with one attached hydrogen (secondary N) is 1. The number of phenolic OH excluding ortho intramolecular Hbond substituents is 1. The van der Waals surface area contributed by atoms with E-state index in [0.717, 1.165) is 36.4 Å². The second kappa shape index (κ2) is 21.5. The number of azo groups is 3. The molecule has 0 saturated carbocycles. The normalized spacial score (nSPS) is 13.0. The number of para-hydroxylation sites is 1. The van der Waals surface area contributed by atoms with Crippen LogP contribution in [0.5, 0.6) is 11.5 Å². The first-order valence-electron chi connectivity index (χ1n) is 22.8. The van der Waals surface area contributed by atoms with Crippen molar-refractivity contribution in [1.29, 1.82) is 0 Å². The molecule has 9 aromatic rings. The van der Waals surface area contributed by atoms with Crippen LogP contribution in [0.4, 0.5) is 45.5 Å². The monoisotopic (exact) mass is 1170 g/mol. The Balaban J connectivity index is 1.08. The number of rotatable bonds is 18. The molecule has 29 heteroatoms. The Morgan fingerprint density at radius 1 is 0.418 bits per heavy atom. The van der Waals surface area contributed by atoms with Gasteiger partial charge >= 0.3 is 0 Å². The number of fused-ring (bicyclic) bond motifs is 4. The highest BCUT2D eigenvalue weighted by Gasteiger charge is 2.24. The predicted molar refractivity (Wildman–Crippen MR) is 290 cm³/mol. The van der Waals surface area contributed by atoms with Crippen molar-refractivity contribution in [2.75, 3.05) is 17.7 Å². The maximum absolute atomic E-state index is 12.8. The molecule has 406 valence electrons. The van der Waals surface area contributed by atoms with Crippen molar-refractivity contribution in [2.45, 2.75) is 32.4 Å². The fourth-order valence-electron chi connectivity index (χ4n) is 8.18. The third-order valence-corrected chi connectivity index (χ3v) is 16.1. The van der Waals surface area contributed by atoms with Crippen molar-refractivity contribution < 1.29 is 74.7 Å². The number of ether oxygens (including phenoxy) is 1. The van der Waals surface area contributed by atoms with Gasteiger partial charge in [-0.05, 0) is 127 Å². The minimum absolute atomic E-state index is 0.0112. The molecule has 0 aromatic heterocycles. The van der Waals surface area contributed by atoms with E-state index in [9.17, 15) is 65.4 Å². The molecule has 0 aliphatic carbocycles. The predicted octanol–water partition coefficient (Wildman–Crippen LogP) is 12.0. The average Bonchev–Trinajstić information content (AvgIpc) is 3.39.